The summed E-state index contributed by atoms with van der Waals surface area (Å²) in [6.45, 7) is 3.03. The lowest BCUT2D eigenvalue weighted by atomic mass is 9.86. The number of carbonyl (C=O) groups is 1. The van der Waals surface area contributed by atoms with Gasteiger partial charge in [0.25, 0.3) is 0 Å². The van der Waals surface area contributed by atoms with Crippen LogP contribution in [-0.4, -0.2) is 35.9 Å². The van der Waals surface area contributed by atoms with Gasteiger partial charge in [-0.05, 0) is 64.1 Å². The molecule has 3 aliphatic heterocycles. The van der Waals surface area contributed by atoms with Crippen LogP contribution in [-0.2, 0) is 6.42 Å². The van der Waals surface area contributed by atoms with E-state index >= 15 is 0 Å². The zero-order valence-corrected chi connectivity index (χ0v) is 14.8. The number of fused-ring (bicyclic) bond motifs is 2. The van der Waals surface area contributed by atoms with Crippen LogP contribution < -0.4 is 10.5 Å². The topological polar surface area (TPSA) is 55.6 Å². The average molecular weight is 349 g/mol. The summed E-state index contributed by atoms with van der Waals surface area (Å²) in [7, 11) is 0. The monoisotopic (exact) mass is 348 g/mol. The minimum absolute atomic E-state index is 0.142. The summed E-state index contributed by atoms with van der Waals surface area (Å²) in [6, 6.07) is 1.71. The van der Waals surface area contributed by atoms with Gasteiger partial charge in [0.2, 0.25) is 0 Å². The fraction of sp³-hybridized carbons (Fsp3) is 0.632. The molecule has 0 bridgehead atoms. The van der Waals surface area contributed by atoms with Gasteiger partial charge in [-0.1, -0.05) is 11.6 Å². The summed E-state index contributed by atoms with van der Waals surface area (Å²) in [5.41, 5.74) is 8.47. The Morgan fingerprint density at radius 3 is 2.79 bits per heavy atom. The van der Waals surface area contributed by atoms with Crippen LogP contribution in [0.25, 0.3) is 0 Å². The molecule has 1 aromatic carbocycles. The summed E-state index contributed by atoms with van der Waals surface area (Å²) in [5.74, 6) is 0.823. The summed E-state index contributed by atoms with van der Waals surface area (Å²) in [4.78, 5) is 15.5. The fourth-order valence-corrected chi connectivity index (χ4v) is 5.08. The molecule has 3 aliphatic rings. The highest BCUT2D eigenvalue weighted by Crippen LogP contribution is 2.43. The number of hydrogen-bond donors (Lipinski definition) is 1. The number of halogens is 1. The van der Waals surface area contributed by atoms with Gasteiger partial charge in [0.15, 0.2) is 5.78 Å². The van der Waals surface area contributed by atoms with Crippen LogP contribution >= 0.6 is 11.6 Å². The minimum Gasteiger partial charge on any atom is -0.492 e. The Hall–Kier alpha value is -1.26. The van der Waals surface area contributed by atoms with Gasteiger partial charge in [-0.3, -0.25) is 9.69 Å². The average Bonchev–Trinajstić information content (AvgIpc) is 3.16. The van der Waals surface area contributed by atoms with Gasteiger partial charge in [-0.25, -0.2) is 0 Å². The van der Waals surface area contributed by atoms with Crippen LogP contribution in [0.2, 0.25) is 5.02 Å². The molecule has 0 saturated carbocycles. The van der Waals surface area contributed by atoms with Crippen LogP contribution in [0.1, 0.15) is 60.9 Å². The van der Waals surface area contributed by atoms with Crippen LogP contribution in [0.3, 0.4) is 0 Å². The molecule has 0 aromatic heterocycles. The lowest BCUT2D eigenvalue weighted by molar-refractivity contribution is 0.0939. The summed E-state index contributed by atoms with van der Waals surface area (Å²) >= 11 is 6.27. The van der Waals surface area contributed by atoms with E-state index in [0.717, 1.165) is 24.8 Å². The first-order valence-electron chi connectivity index (χ1n) is 9.13. The lowest BCUT2D eigenvalue weighted by Gasteiger charge is -2.32. The third-order valence-corrected chi connectivity index (χ3v) is 6.43. The first kappa shape index (κ1) is 16.2. The number of Topliss-reactive ketones (excluding diaryl/α,β-unsaturated/α-hetero) is 1. The number of nitrogens with two attached hydrogens (primary N) is 1. The molecular formula is C19H25ClN2O2. The van der Waals surface area contributed by atoms with Crippen LogP contribution in [0.5, 0.6) is 5.75 Å². The van der Waals surface area contributed by atoms with Crippen molar-refractivity contribution in [3.8, 4) is 5.75 Å². The van der Waals surface area contributed by atoms with Crippen molar-refractivity contribution in [1.29, 1.82) is 0 Å². The van der Waals surface area contributed by atoms with Crippen molar-refractivity contribution in [2.45, 2.75) is 56.9 Å². The minimum atomic E-state index is 0.142. The Labute approximate surface area is 148 Å². The Bertz CT molecular complexity index is 664. The number of ketones is 1. The summed E-state index contributed by atoms with van der Waals surface area (Å²) < 4.78 is 5.80. The molecule has 0 amide bonds. The number of hydrogen-bond acceptors (Lipinski definition) is 4. The second-order valence-corrected chi connectivity index (χ2v) is 7.83. The predicted molar refractivity (Wildman–Crippen MR) is 96.0 cm³/mol. The van der Waals surface area contributed by atoms with Gasteiger partial charge < -0.3 is 10.5 Å². The van der Waals surface area contributed by atoms with E-state index in [1.165, 1.54) is 38.8 Å². The largest absolute Gasteiger partial charge is 0.492 e. The fourth-order valence-electron chi connectivity index (χ4n) is 4.86. The zero-order chi connectivity index (χ0) is 16.7. The highest BCUT2D eigenvalue weighted by atomic mass is 35.5. The molecule has 4 nitrogen and oxygen atoms in total. The smallest absolute Gasteiger partial charge is 0.166 e. The van der Waals surface area contributed by atoms with Crippen molar-refractivity contribution in [2.24, 2.45) is 0 Å². The van der Waals surface area contributed by atoms with Crippen molar-refractivity contribution in [3.63, 3.8) is 0 Å². The summed E-state index contributed by atoms with van der Waals surface area (Å²) in [6.07, 6.45) is 8.26. The molecule has 5 heteroatoms. The maximum atomic E-state index is 12.9. The first-order chi connectivity index (χ1) is 11.6. The molecule has 3 heterocycles. The second-order valence-electron chi connectivity index (χ2n) is 7.42. The van der Waals surface area contributed by atoms with E-state index in [1.54, 1.807) is 6.07 Å². The molecule has 0 atom stereocenters. The van der Waals surface area contributed by atoms with Gasteiger partial charge in [-0.15, -0.1) is 0 Å². The van der Waals surface area contributed by atoms with E-state index < -0.39 is 0 Å². The molecule has 24 heavy (non-hydrogen) atoms. The molecule has 0 radical (unpaired) electrons. The number of nitrogens with zero attached hydrogens (tertiary/aromatic N) is 1. The number of benzene rings is 1. The van der Waals surface area contributed by atoms with E-state index in [1.807, 2.05) is 0 Å². The highest BCUT2D eigenvalue weighted by Gasteiger charge is 2.44. The lowest BCUT2D eigenvalue weighted by Crippen LogP contribution is -2.38. The maximum absolute atomic E-state index is 12.9. The summed E-state index contributed by atoms with van der Waals surface area (Å²) in [5, 5.41) is 0.476. The molecule has 130 valence electrons. The number of anilines is 1. The van der Waals surface area contributed by atoms with Crippen molar-refractivity contribution in [1.82, 2.24) is 4.90 Å². The third-order valence-electron chi connectivity index (χ3n) is 6.12. The van der Waals surface area contributed by atoms with Gasteiger partial charge in [0.1, 0.15) is 5.75 Å². The van der Waals surface area contributed by atoms with Gasteiger partial charge in [0.05, 0.1) is 22.9 Å². The second kappa shape index (κ2) is 6.23. The molecule has 1 aromatic rings. The first-order valence-corrected chi connectivity index (χ1v) is 9.50. The highest BCUT2D eigenvalue weighted by molar-refractivity contribution is 6.33. The number of rotatable bonds is 4. The molecule has 0 aliphatic carbocycles. The quantitative estimate of drug-likeness (QED) is 0.663. The molecule has 4 rings (SSSR count). The molecule has 0 unspecified atom stereocenters. The van der Waals surface area contributed by atoms with E-state index in [-0.39, 0.29) is 11.3 Å². The number of nitrogen functional groups attached to an aromatic ring is 1. The van der Waals surface area contributed by atoms with E-state index in [0.29, 0.717) is 35.1 Å². The zero-order valence-electron chi connectivity index (χ0n) is 14.1. The third kappa shape index (κ3) is 2.60. The SMILES string of the molecule is Nc1c(Cl)cc(C(=O)CCC23CCCN2CCC3)c2c1CCCO2. The number of carbonyl (C=O) groups excluding carboxylic acids is 1. The maximum Gasteiger partial charge on any atom is 0.166 e. The van der Waals surface area contributed by atoms with Gasteiger partial charge in [-0.2, -0.15) is 0 Å². The molecule has 2 fully saturated rings. The number of ether oxygens (including phenoxy) is 1. The van der Waals surface area contributed by atoms with Crippen molar-refractivity contribution in [2.75, 3.05) is 25.4 Å². The van der Waals surface area contributed by atoms with Crippen molar-refractivity contribution >= 4 is 23.1 Å². The van der Waals surface area contributed by atoms with Crippen molar-refractivity contribution < 1.29 is 9.53 Å². The van der Waals surface area contributed by atoms with Gasteiger partial charge in [0, 0.05) is 17.5 Å². The van der Waals surface area contributed by atoms with Crippen LogP contribution in [0.15, 0.2) is 6.07 Å². The molecule has 0 spiro atoms. The molecule has 2 N–H and O–H groups in total. The van der Waals surface area contributed by atoms with E-state index in [9.17, 15) is 4.79 Å². The van der Waals surface area contributed by atoms with Crippen LogP contribution in [0, 0.1) is 0 Å². The Kier molecular flexibility index (Phi) is 4.21. The Balaban J connectivity index is 1.56. The van der Waals surface area contributed by atoms with Gasteiger partial charge >= 0.3 is 0 Å². The Morgan fingerprint density at radius 1 is 1.29 bits per heavy atom. The van der Waals surface area contributed by atoms with Crippen molar-refractivity contribution in [3.05, 3.63) is 22.2 Å². The predicted octanol–water partition coefficient (Wildman–Crippen LogP) is 3.84. The normalized spacial score (nSPS) is 22.0. The Morgan fingerprint density at radius 2 is 2.04 bits per heavy atom. The van der Waals surface area contributed by atoms with Crippen LogP contribution in [0.4, 0.5) is 5.69 Å². The van der Waals surface area contributed by atoms with E-state index in [2.05, 4.69) is 4.90 Å². The standard InChI is InChI=1S/C19H25ClN2O2/c20-15-12-14(18-13(17(15)21)4-1-11-24-18)16(23)5-8-19-6-2-9-22(19)10-3-7-19/h12H,1-11,21H2. The molecule has 2 saturated heterocycles. The molecular weight excluding hydrogens is 324 g/mol. The van der Waals surface area contributed by atoms with E-state index in [4.69, 9.17) is 22.1 Å².